The van der Waals surface area contributed by atoms with Crippen molar-refractivity contribution in [1.29, 1.82) is 0 Å². The zero-order valence-electron chi connectivity index (χ0n) is 7.16. The highest BCUT2D eigenvalue weighted by molar-refractivity contribution is 8.01. The van der Waals surface area contributed by atoms with Gasteiger partial charge in [0.1, 0.15) is 11.9 Å². The van der Waals surface area contributed by atoms with Crippen molar-refractivity contribution < 1.29 is 0 Å². The minimum absolute atomic E-state index is 0.172. The molecule has 0 N–H and O–H groups in total. The number of hydrogen-bond acceptors (Lipinski definition) is 4. The molecular formula is C9H7N2O2S-. The third-order valence-corrected chi connectivity index (χ3v) is 2.51. The van der Waals surface area contributed by atoms with Crippen LogP contribution in [-0.2, 0) is 0 Å². The maximum absolute atomic E-state index is 11.6. The predicted molar refractivity (Wildman–Crippen MR) is 59.3 cm³/mol. The molecule has 14 heavy (non-hydrogen) atoms. The highest BCUT2D eigenvalue weighted by atomic mass is 32.2. The van der Waals surface area contributed by atoms with E-state index in [2.05, 4.69) is 4.99 Å². The Hall–Kier alpha value is -1.14. The van der Waals surface area contributed by atoms with Gasteiger partial charge < -0.3 is 10.4 Å². The third-order valence-electron chi connectivity index (χ3n) is 1.79. The number of benzene rings is 1. The van der Waals surface area contributed by atoms with Gasteiger partial charge in [-0.25, -0.2) is 0 Å². The molecule has 0 aromatic heterocycles. The number of rotatable bonds is 0. The van der Waals surface area contributed by atoms with E-state index >= 15 is 0 Å². The molecule has 0 saturated carbocycles. The molecule has 1 aromatic rings. The molecule has 0 bridgehead atoms. The van der Waals surface area contributed by atoms with E-state index in [-0.39, 0.29) is 5.69 Å². The summed E-state index contributed by atoms with van der Waals surface area (Å²) in [7, 11) is 0. The van der Waals surface area contributed by atoms with Gasteiger partial charge in [-0.15, -0.1) is 0 Å². The second kappa shape index (κ2) is 3.55. The first kappa shape index (κ1) is 9.42. The summed E-state index contributed by atoms with van der Waals surface area (Å²) in [6.45, 7) is 0. The Labute approximate surface area is 85.5 Å². The Kier molecular flexibility index (Phi) is 2.39. The van der Waals surface area contributed by atoms with Crippen molar-refractivity contribution in [2.24, 2.45) is 4.99 Å². The van der Waals surface area contributed by atoms with Crippen LogP contribution in [0.3, 0.4) is 0 Å². The first-order valence-corrected chi connectivity index (χ1v) is 4.81. The van der Waals surface area contributed by atoms with E-state index in [0.717, 1.165) is 0 Å². The molecule has 1 aliphatic rings. The van der Waals surface area contributed by atoms with Crippen LogP contribution in [0.1, 0.15) is 5.56 Å². The predicted octanol–water partition coefficient (Wildman–Crippen LogP) is 2.54. The molecule has 0 spiro atoms. The number of quaternary nitrogens is 1. The van der Waals surface area contributed by atoms with Crippen LogP contribution < -0.4 is 4.21 Å². The largest absolute Gasteiger partial charge is 0.613 e. The number of nitrogens with zero attached hydrogens (tertiary/aromatic N) is 2. The molecule has 0 unspecified atom stereocenters. The molecule has 1 aliphatic heterocycles. The van der Waals surface area contributed by atoms with Gasteiger partial charge in [-0.05, 0) is 6.07 Å². The minimum Gasteiger partial charge on any atom is -0.613 e. The molecule has 5 heteroatoms. The van der Waals surface area contributed by atoms with Gasteiger partial charge in [0, 0.05) is 23.9 Å². The van der Waals surface area contributed by atoms with Gasteiger partial charge in [0.25, 0.3) is 0 Å². The summed E-state index contributed by atoms with van der Waals surface area (Å²) in [5.41, 5.74) is 0.736. The molecule has 0 fully saturated rings. The van der Waals surface area contributed by atoms with Crippen LogP contribution in [0.2, 0.25) is 0 Å². The SMILES string of the molecule is [O-][N+]1([O-])S/C=C\N=C/c2ccccc21. The van der Waals surface area contributed by atoms with E-state index in [9.17, 15) is 10.4 Å². The Morgan fingerprint density at radius 1 is 1.21 bits per heavy atom. The fraction of sp³-hybridized carbons (Fsp3) is 0. The maximum Gasteiger partial charge on any atom is 0.153 e. The summed E-state index contributed by atoms with van der Waals surface area (Å²) in [6.07, 6.45) is 2.94. The van der Waals surface area contributed by atoms with E-state index in [1.807, 2.05) is 0 Å². The van der Waals surface area contributed by atoms with Crippen molar-refractivity contribution in [2.45, 2.75) is 0 Å². The molecule has 0 amide bonds. The van der Waals surface area contributed by atoms with Gasteiger partial charge in [0.05, 0.1) is 5.56 Å². The maximum atomic E-state index is 11.6. The normalized spacial score (nSPS) is 23.0. The van der Waals surface area contributed by atoms with E-state index in [4.69, 9.17) is 0 Å². The molecule has 0 aliphatic carbocycles. The van der Waals surface area contributed by atoms with E-state index in [0.29, 0.717) is 17.5 Å². The highest BCUT2D eigenvalue weighted by Gasteiger charge is 2.15. The summed E-state index contributed by atoms with van der Waals surface area (Å²) >= 11 is 0.629. The van der Waals surface area contributed by atoms with Crippen LogP contribution in [0, 0.1) is 10.4 Å². The topological polar surface area (TPSA) is 58.5 Å². The zero-order valence-corrected chi connectivity index (χ0v) is 7.98. The Morgan fingerprint density at radius 2 is 2.00 bits per heavy atom. The first-order valence-electron chi connectivity index (χ1n) is 3.97. The van der Waals surface area contributed by atoms with Crippen molar-refractivity contribution >= 4 is 23.8 Å². The average Bonchev–Trinajstić information content (AvgIpc) is 2.15. The molecule has 0 radical (unpaired) electrons. The quantitative estimate of drug-likeness (QED) is 0.373. The van der Waals surface area contributed by atoms with E-state index < -0.39 is 4.21 Å². The molecule has 1 heterocycles. The lowest BCUT2D eigenvalue weighted by Gasteiger charge is -2.43. The molecule has 0 atom stereocenters. The van der Waals surface area contributed by atoms with E-state index in [1.54, 1.807) is 18.2 Å². The van der Waals surface area contributed by atoms with Gasteiger partial charge in [-0.3, -0.25) is 9.21 Å². The zero-order chi connectivity index (χ0) is 10.0. The smallest absolute Gasteiger partial charge is 0.153 e. The lowest BCUT2D eigenvalue weighted by Crippen LogP contribution is -2.27. The second-order valence-corrected chi connectivity index (χ2v) is 3.69. The van der Waals surface area contributed by atoms with Crippen LogP contribution >= 0.6 is 11.9 Å². The standard InChI is InChI=1S/C9H7N2O2S/c12-11(13)9-4-2-1-3-8(9)7-10-5-6-14-11/h1-7H/q-1/b6-5-,10-7-. The summed E-state index contributed by atoms with van der Waals surface area (Å²) in [6, 6.07) is 6.65. The molecular weight excluding hydrogens is 200 g/mol. The molecule has 2 rings (SSSR count). The summed E-state index contributed by atoms with van der Waals surface area (Å²) in [5, 5.41) is 24.5. The van der Waals surface area contributed by atoms with Crippen molar-refractivity contribution in [3.05, 3.63) is 51.9 Å². The molecule has 4 nitrogen and oxygen atoms in total. The number of hydrogen-bond donors (Lipinski definition) is 0. The van der Waals surface area contributed by atoms with Gasteiger partial charge in [0.15, 0.2) is 5.69 Å². The molecule has 0 saturated heterocycles. The van der Waals surface area contributed by atoms with Gasteiger partial charge in [-0.2, -0.15) is 0 Å². The summed E-state index contributed by atoms with van der Waals surface area (Å²) in [5.74, 6) is 0. The van der Waals surface area contributed by atoms with Crippen molar-refractivity contribution in [3.8, 4) is 0 Å². The Bertz CT molecular complexity index is 402. The monoisotopic (exact) mass is 207 g/mol. The van der Waals surface area contributed by atoms with Crippen LogP contribution in [-0.4, -0.2) is 6.21 Å². The Balaban J connectivity index is 2.58. The van der Waals surface area contributed by atoms with Gasteiger partial charge in [0.2, 0.25) is 0 Å². The number of aliphatic imine (C=N–C) groups is 1. The van der Waals surface area contributed by atoms with E-state index in [1.165, 1.54) is 23.9 Å². The number of fused-ring (bicyclic) bond motifs is 1. The van der Waals surface area contributed by atoms with Crippen LogP contribution in [0.25, 0.3) is 0 Å². The van der Waals surface area contributed by atoms with Gasteiger partial charge in [-0.1, -0.05) is 12.1 Å². The first-order chi connectivity index (χ1) is 6.70. The van der Waals surface area contributed by atoms with Crippen LogP contribution in [0.15, 0.2) is 40.9 Å². The molecule has 1 aromatic carbocycles. The summed E-state index contributed by atoms with van der Waals surface area (Å²) < 4.78 is -1.71. The lowest BCUT2D eigenvalue weighted by molar-refractivity contribution is 0.814. The van der Waals surface area contributed by atoms with Crippen molar-refractivity contribution in [3.63, 3.8) is 0 Å². The Morgan fingerprint density at radius 3 is 2.86 bits per heavy atom. The van der Waals surface area contributed by atoms with Gasteiger partial charge >= 0.3 is 0 Å². The van der Waals surface area contributed by atoms with Crippen molar-refractivity contribution in [2.75, 3.05) is 0 Å². The average molecular weight is 207 g/mol. The molecule has 72 valence electrons. The second-order valence-electron chi connectivity index (χ2n) is 2.73. The van der Waals surface area contributed by atoms with Crippen LogP contribution in [0.5, 0.6) is 0 Å². The highest BCUT2D eigenvalue weighted by Crippen LogP contribution is 2.33. The van der Waals surface area contributed by atoms with Crippen LogP contribution in [0.4, 0.5) is 5.69 Å². The summed E-state index contributed by atoms with van der Waals surface area (Å²) in [4.78, 5) is 3.92. The fourth-order valence-electron chi connectivity index (χ4n) is 1.17. The third kappa shape index (κ3) is 1.71. The minimum atomic E-state index is -1.71. The lowest BCUT2D eigenvalue weighted by atomic mass is 10.2. The fourth-order valence-corrected chi connectivity index (χ4v) is 1.73. The van der Waals surface area contributed by atoms with Crippen molar-refractivity contribution in [1.82, 2.24) is 4.21 Å².